The van der Waals surface area contributed by atoms with E-state index in [1.54, 1.807) is 25.2 Å². The van der Waals surface area contributed by atoms with Crippen LogP contribution >= 0.6 is 0 Å². The third-order valence-corrected chi connectivity index (χ3v) is 4.94. The van der Waals surface area contributed by atoms with Crippen LogP contribution in [0.25, 0.3) is 0 Å². The molecule has 2 N–H and O–H groups in total. The second kappa shape index (κ2) is 6.38. The molecule has 2 aliphatic rings. The number of hydrogen-bond donors (Lipinski definition) is 2. The fourth-order valence-corrected chi connectivity index (χ4v) is 3.48. The van der Waals surface area contributed by atoms with Crippen LogP contribution in [0.15, 0.2) is 59.8 Å². The highest BCUT2D eigenvalue weighted by Gasteiger charge is 2.43. The number of phenols is 1. The maximum atomic E-state index is 13.2. The molecule has 0 fully saturated rings. The molecule has 0 saturated heterocycles. The van der Waals surface area contributed by atoms with Crippen LogP contribution in [0.2, 0.25) is 0 Å². The summed E-state index contributed by atoms with van der Waals surface area (Å²) < 4.78 is 0. The molecule has 0 aromatic heterocycles. The molecule has 9 nitrogen and oxygen atoms in total. The van der Waals surface area contributed by atoms with Gasteiger partial charge in [-0.3, -0.25) is 19.8 Å². The fraction of sp³-hybridized carbons (Fsp3) is 0.158. The Balaban J connectivity index is 1.76. The topological polar surface area (TPSA) is 116 Å². The van der Waals surface area contributed by atoms with Crippen LogP contribution in [0.4, 0.5) is 16.2 Å². The molecule has 2 aliphatic heterocycles. The zero-order valence-corrected chi connectivity index (χ0v) is 14.8. The predicted octanol–water partition coefficient (Wildman–Crippen LogP) is 2.30. The summed E-state index contributed by atoms with van der Waals surface area (Å²) in [6.45, 7) is 0.189. The molecule has 9 heteroatoms. The Labute approximate surface area is 159 Å². The lowest BCUT2D eigenvalue weighted by Crippen LogP contribution is -2.45. The SMILES string of the molecule is CN1C(=O)N[C@@H](c2cccc([N+](=O)[O-])c2)C2=C1CN(c1ccc(O)cc1)C2=O. The van der Waals surface area contributed by atoms with Gasteiger partial charge in [0.15, 0.2) is 0 Å². The summed E-state index contributed by atoms with van der Waals surface area (Å²) in [4.78, 5) is 39.1. The van der Waals surface area contributed by atoms with Gasteiger partial charge >= 0.3 is 6.03 Å². The normalized spacial score (nSPS) is 19.0. The van der Waals surface area contributed by atoms with Crippen molar-refractivity contribution >= 4 is 23.3 Å². The molecule has 0 bridgehead atoms. The number of phenolic OH excluding ortho intramolecular Hbond substituents is 1. The summed E-state index contributed by atoms with van der Waals surface area (Å²) in [5.41, 5.74) is 1.84. The number of non-ortho nitro benzene ring substituents is 1. The van der Waals surface area contributed by atoms with Crippen molar-refractivity contribution in [1.29, 1.82) is 0 Å². The highest BCUT2D eigenvalue weighted by atomic mass is 16.6. The monoisotopic (exact) mass is 380 g/mol. The molecule has 142 valence electrons. The Morgan fingerprint density at radius 1 is 1.18 bits per heavy atom. The zero-order valence-electron chi connectivity index (χ0n) is 14.8. The number of nitro benzene ring substituents is 1. The average molecular weight is 380 g/mol. The highest BCUT2D eigenvalue weighted by molar-refractivity contribution is 6.11. The van der Waals surface area contributed by atoms with Gasteiger partial charge < -0.3 is 15.3 Å². The summed E-state index contributed by atoms with van der Waals surface area (Å²) in [7, 11) is 1.57. The van der Waals surface area contributed by atoms with Crippen LogP contribution in [0.1, 0.15) is 11.6 Å². The van der Waals surface area contributed by atoms with Gasteiger partial charge in [0.2, 0.25) is 0 Å². The molecule has 4 rings (SSSR count). The van der Waals surface area contributed by atoms with Crippen molar-refractivity contribution in [3.63, 3.8) is 0 Å². The lowest BCUT2D eigenvalue weighted by Gasteiger charge is -2.30. The summed E-state index contributed by atoms with van der Waals surface area (Å²) in [5.74, 6) is -0.222. The van der Waals surface area contributed by atoms with Crippen molar-refractivity contribution in [3.8, 4) is 5.75 Å². The van der Waals surface area contributed by atoms with Crippen LogP contribution in [0.3, 0.4) is 0 Å². The van der Waals surface area contributed by atoms with Gasteiger partial charge in [-0.25, -0.2) is 4.79 Å². The Bertz CT molecular complexity index is 1030. The molecule has 0 spiro atoms. The Morgan fingerprint density at radius 3 is 2.57 bits per heavy atom. The molecule has 0 unspecified atom stereocenters. The lowest BCUT2D eigenvalue weighted by atomic mass is 9.95. The number of benzene rings is 2. The summed E-state index contributed by atoms with van der Waals surface area (Å²) in [5, 5.41) is 23.3. The number of hydrogen-bond acceptors (Lipinski definition) is 5. The number of nitro groups is 1. The van der Waals surface area contributed by atoms with Crippen LogP contribution in [0.5, 0.6) is 5.75 Å². The number of amides is 3. The minimum Gasteiger partial charge on any atom is -0.508 e. The molecule has 2 heterocycles. The second-order valence-electron chi connectivity index (χ2n) is 6.56. The molecule has 1 atom stereocenters. The maximum absolute atomic E-state index is 13.2. The number of nitrogens with one attached hydrogen (secondary N) is 1. The van der Waals surface area contributed by atoms with Crippen LogP contribution in [0, 0.1) is 10.1 Å². The first-order chi connectivity index (χ1) is 13.4. The standard InChI is InChI=1S/C19H16N4O5/c1-21-15-10-22(12-5-7-14(24)8-6-12)18(25)16(15)17(20-19(21)26)11-3-2-4-13(9-11)23(27)28/h2-9,17,24H,10H2,1H3,(H,20,26)/t17-/m0/s1. The lowest BCUT2D eigenvalue weighted by molar-refractivity contribution is -0.384. The van der Waals surface area contributed by atoms with E-state index in [9.17, 15) is 24.8 Å². The minimum atomic E-state index is -0.784. The molecule has 3 amide bonds. The summed E-state index contributed by atoms with van der Waals surface area (Å²) >= 11 is 0. The van der Waals surface area contributed by atoms with E-state index in [-0.39, 0.29) is 23.9 Å². The number of rotatable bonds is 3. The van der Waals surface area contributed by atoms with Crippen molar-refractivity contribution < 1.29 is 19.6 Å². The number of urea groups is 1. The number of carbonyl (C=O) groups excluding carboxylic acids is 2. The van der Waals surface area contributed by atoms with Crippen LogP contribution < -0.4 is 10.2 Å². The first-order valence-electron chi connectivity index (χ1n) is 8.49. The molecule has 28 heavy (non-hydrogen) atoms. The smallest absolute Gasteiger partial charge is 0.322 e. The first kappa shape index (κ1) is 17.5. The molecular weight excluding hydrogens is 364 g/mol. The largest absolute Gasteiger partial charge is 0.508 e. The number of nitrogens with zero attached hydrogens (tertiary/aromatic N) is 3. The van der Waals surface area contributed by atoms with Crippen LogP contribution in [-0.2, 0) is 4.79 Å². The van der Waals surface area contributed by atoms with Crippen molar-refractivity contribution in [2.45, 2.75) is 6.04 Å². The van der Waals surface area contributed by atoms with E-state index in [1.165, 1.54) is 40.1 Å². The van der Waals surface area contributed by atoms with E-state index >= 15 is 0 Å². The highest BCUT2D eigenvalue weighted by Crippen LogP contribution is 2.38. The Morgan fingerprint density at radius 2 is 1.89 bits per heavy atom. The molecule has 2 aromatic carbocycles. The van der Waals surface area contributed by atoms with E-state index in [2.05, 4.69) is 5.32 Å². The molecular formula is C19H16N4O5. The molecule has 0 radical (unpaired) electrons. The maximum Gasteiger partial charge on any atom is 0.322 e. The first-order valence-corrected chi connectivity index (χ1v) is 8.49. The van der Waals surface area contributed by atoms with Crippen molar-refractivity contribution in [3.05, 3.63) is 75.5 Å². The average Bonchev–Trinajstić information content (AvgIpc) is 3.03. The number of carbonyl (C=O) groups is 2. The van der Waals surface area contributed by atoms with E-state index in [0.29, 0.717) is 22.5 Å². The van der Waals surface area contributed by atoms with Gasteiger partial charge in [0.1, 0.15) is 5.75 Å². The van der Waals surface area contributed by atoms with Gasteiger partial charge in [-0.1, -0.05) is 12.1 Å². The summed E-state index contributed by atoms with van der Waals surface area (Å²) in [6, 6.07) is 10.9. The van der Waals surface area contributed by atoms with E-state index < -0.39 is 17.0 Å². The van der Waals surface area contributed by atoms with E-state index in [1.807, 2.05) is 0 Å². The van der Waals surface area contributed by atoms with Gasteiger partial charge in [0, 0.05) is 24.9 Å². The van der Waals surface area contributed by atoms with E-state index in [0.717, 1.165) is 0 Å². The van der Waals surface area contributed by atoms with Crippen molar-refractivity contribution in [2.24, 2.45) is 0 Å². The van der Waals surface area contributed by atoms with Gasteiger partial charge in [-0.15, -0.1) is 0 Å². The molecule has 0 aliphatic carbocycles. The van der Waals surface area contributed by atoms with Crippen LogP contribution in [-0.4, -0.2) is 40.5 Å². The number of anilines is 1. The minimum absolute atomic E-state index is 0.0801. The van der Waals surface area contributed by atoms with Gasteiger partial charge in [-0.2, -0.15) is 0 Å². The fourth-order valence-electron chi connectivity index (χ4n) is 3.48. The van der Waals surface area contributed by atoms with Crippen molar-refractivity contribution in [1.82, 2.24) is 10.2 Å². The predicted molar refractivity (Wildman–Crippen MR) is 99.6 cm³/mol. The van der Waals surface area contributed by atoms with Gasteiger partial charge in [0.25, 0.3) is 11.6 Å². The number of aromatic hydroxyl groups is 1. The van der Waals surface area contributed by atoms with E-state index in [4.69, 9.17) is 0 Å². The van der Waals surface area contributed by atoms with Gasteiger partial charge in [0.05, 0.1) is 28.8 Å². The van der Waals surface area contributed by atoms with Gasteiger partial charge in [-0.05, 0) is 29.8 Å². The van der Waals surface area contributed by atoms with Crippen molar-refractivity contribution in [2.75, 3.05) is 18.5 Å². The number of likely N-dealkylation sites (N-methyl/N-ethyl adjacent to an activating group) is 1. The molecule has 0 saturated carbocycles. The Hall–Kier alpha value is -3.88. The summed E-state index contributed by atoms with van der Waals surface area (Å²) in [6.07, 6.45) is 0. The third-order valence-electron chi connectivity index (χ3n) is 4.94. The molecule has 2 aromatic rings. The zero-order chi connectivity index (χ0) is 20.0. The Kier molecular flexibility index (Phi) is 3.99. The third kappa shape index (κ3) is 2.73. The quantitative estimate of drug-likeness (QED) is 0.626. The second-order valence-corrected chi connectivity index (χ2v) is 6.56.